The molecule has 2 heterocycles. The smallest absolute Gasteiger partial charge is 0.307 e. The summed E-state index contributed by atoms with van der Waals surface area (Å²) in [5.41, 5.74) is 0. The van der Waals surface area contributed by atoms with Crippen molar-refractivity contribution >= 4 is 17.7 Å². The minimum absolute atomic E-state index is 0.0255. The number of carboxylic acids is 1. The zero-order valence-corrected chi connectivity index (χ0v) is 13.0. The van der Waals surface area contributed by atoms with Gasteiger partial charge in [-0.25, -0.2) is 4.98 Å². The Kier molecular flexibility index (Phi) is 4.60. The van der Waals surface area contributed by atoms with Crippen molar-refractivity contribution in [2.45, 2.75) is 12.8 Å². The van der Waals surface area contributed by atoms with Crippen LogP contribution in [0.5, 0.6) is 0 Å². The van der Waals surface area contributed by atoms with E-state index >= 15 is 0 Å². The van der Waals surface area contributed by atoms with Crippen molar-refractivity contribution in [1.82, 2.24) is 9.88 Å². The van der Waals surface area contributed by atoms with E-state index in [9.17, 15) is 14.7 Å². The number of hydrogen-bond acceptors (Lipinski definition) is 4. The van der Waals surface area contributed by atoms with Gasteiger partial charge in [0, 0.05) is 32.4 Å². The van der Waals surface area contributed by atoms with Crippen molar-refractivity contribution in [3.8, 4) is 0 Å². The van der Waals surface area contributed by atoms with E-state index in [0.29, 0.717) is 25.9 Å². The van der Waals surface area contributed by atoms with Crippen LogP contribution >= 0.6 is 0 Å². The fourth-order valence-electron chi connectivity index (χ4n) is 3.29. The highest BCUT2D eigenvalue weighted by molar-refractivity contribution is 5.85. The first-order valence-electron chi connectivity index (χ1n) is 7.99. The molecule has 1 aromatic rings. The lowest BCUT2D eigenvalue weighted by atomic mass is 9.82. The molecule has 6 heteroatoms. The van der Waals surface area contributed by atoms with Crippen molar-refractivity contribution in [3.63, 3.8) is 0 Å². The lowest BCUT2D eigenvalue weighted by Gasteiger charge is -2.38. The monoisotopic (exact) mass is 315 g/mol. The van der Waals surface area contributed by atoms with Crippen LogP contribution in [-0.2, 0) is 9.59 Å². The van der Waals surface area contributed by atoms with Crippen LogP contribution in [-0.4, -0.2) is 53.0 Å². The minimum Gasteiger partial charge on any atom is -0.481 e. The molecule has 1 aromatic heterocycles. The normalized spacial score (nSPS) is 24.5. The molecule has 1 amide bonds. The van der Waals surface area contributed by atoms with Gasteiger partial charge in [-0.1, -0.05) is 18.2 Å². The summed E-state index contributed by atoms with van der Waals surface area (Å²) in [6.07, 6.45) is 6.52. The third-order valence-electron chi connectivity index (χ3n) is 4.63. The highest BCUT2D eigenvalue weighted by Crippen LogP contribution is 2.28. The van der Waals surface area contributed by atoms with E-state index in [1.54, 1.807) is 11.1 Å². The van der Waals surface area contributed by atoms with E-state index in [2.05, 4.69) is 9.88 Å². The molecular weight excluding hydrogens is 294 g/mol. The number of aliphatic carboxylic acids is 1. The zero-order chi connectivity index (χ0) is 16.2. The molecule has 0 unspecified atom stereocenters. The quantitative estimate of drug-likeness (QED) is 0.854. The Balaban J connectivity index is 1.62. The molecule has 1 aliphatic carbocycles. The van der Waals surface area contributed by atoms with Crippen LogP contribution in [0.15, 0.2) is 36.5 Å². The van der Waals surface area contributed by atoms with Crippen LogP contribution < -0.4 is 4.90 Å². The van der Waals surface area contributed by atoms with Crippen LogP contribution in [0, 0.1) is 11.8 Å². The predicted molar refractivity (Wildman–Crippen MR) is 86.0 cm³/mol. The molecule has 1 N–H and O–H groups in total. The van der Waals surface area contributed by atoms with E-state index in [-0.39, 0.29) is 5.91 Å². The van der Waals surface area contributed by atoms with Gasteiger partial charge in [0.2, 0.25) is 5.91 Å². The summed E-state index contributed by atoms with van der Waals surface area (Å²) >= 11 is 0. The number of pyridine rings is 1. The average Bonchev–Trinajstić information content (AvgIpc) is 2.62. The lowest BCUT2D eigenvalue weighted by molar-refractivity contribution is -0.150. The number of anilines is 1. The first-order chi connectivity index (χ1) is 11.2. The lowest BCUT2D eigenvalue weighted by Crippen LogP contribution is -2.52. The van der Waals surface area contributed by atoms with Crippen molar-refractivity contribution < 1.29 is 14.7 Å². The highest BCUT2D eigenvalue weighted by Gasteiger charge is 2.37. The molecule has 0 spiro atoms. The van der Waals surface area contributed by atoms with Gasteiger partial charge >= 0.3 is 5.97 Å². The van der Waals surface area contributed by atoms with Crippen LogP contribution in [0.25, 0.3) is 0 Å². The number of hydrogen-bond donors (Lipinski definition) is 1. The molecule has 0 saturated carbocycles. The van der Waals surface area contributed by atoms with Crippen molar-refractivity contribution in [1.29, 1.82) is 0 Å². The summed E-state index contributed by atoms with van der Waals surface area (Å²) in [6, 6.07) is 5.79. The van der Waals surface area contributed by atoms with Gasteiger partial charge < -0.3 is 14.9 Å². The molecule has 23 heavy (non-hydrogen) atoms. The second-order valence-corrected chi connectivity index (χ2v) is 5.99. The maximum Gasteiger partial charge on any atom is 0.307 e. The molecule has 0 bridgehead atoms. The van der Waals surface area contributed by atoms with E-state index in [4.69, 9.17) is 0 Å². The predicted octanol–water partition coefficient (Wildman–Crippen LogP) is 1.40. The van der Waals surface area contributed by atoms with Crippen LogP contribution in [0.3, 0.4) is 0 Å². The summed E-state index contributed by atoms with van der Waals surface area (Å²) in [5, 5.41) is 9.33. The summed E-state index contributed by atoms with van der Waals surface area (Å²) < 4.78 is 0. The first-order valence-corrected chi connectivity index (χ1v) is 7.99. The fraction of sp³-hybridized carbons (Fsp3) is 0.471. The van der Waals surface area contributed by atoms with Crippen LogP contribution in [0.2, 0.25) is 0 Å². The largest absolute Gasteiger partial charge is 0.481 e. The molecule has 3 rings (SSSR count). The number of rotatable bonds is 3. The van der Waals surface area contributed by atoms with Gasteiger partial charge in [0.05, 0.1) is 11.8 Å². The third kappa shape index (κ3) is 3.36. The Morgan fingerprint density at radius 1 is 1.04 bits per heavy atom. The first kappa shape index (κ1) is 15.5. The third-order valence-corrected chi connectivity index (χ3v) is 4.63. The Morgan fingerprint density at radius 2 is 1.74 bits per heavy atom. The number of nitrogens with zero attached hydrogens (tertiary/aromatic N) is 3. The van der Waals surface area contributed by atoms with Crippen molar-refractivity contribution in [2.75, 3.05) is 31.1 Å². The van der Waals surface area contributed by atoms with E-state index < -0.39 is 17.8 Å². The fourth-order valence-corrected chi connectivity index (χ4v) is 3.29. The van der Waals surface area contributed by atoms with E-state index in [1.807, 2.05) is 30.4 Å². The van der Waals surface area contributed by atoms with Gasteiger partial charge in [-0.05, 0) is 25.0 Å². The number of carbonyl (C=O) groups excluding carboxylic acids is 1. The Morgan fingerprint density at radius 3 is 2.35 bits per heavy atom. The molecule has 2 aliphatic rings. The summed E-state index contributed by atoms with van der Waals surface area (Å²) in [4.78, 5) is 32.4. The molecule has 1 saturated heterocycles. The number of allylic oxidation sites excluding steroid dienone is 2. The topological polar surface area (TPSA) is 73.7 Å². The number of piperazine rings is 1. The van der Waals surface area contributed by atoms with Crippen LogP contribution in [0.1, 0.15) is 12.8 Å². The molecule has 2 atom stereocenters. The van der Waals surface area contributed by atoms with E-state index in [1.165, 1.54) is 0 Å². The van der Waals surface area contributed by atoms with Gasteiger partial charge in [0.1, 0.15) is 5.82 Å². The van der Waals surface area contributed by atoms with Crippen molar-refractivity contribution in [2.24, 2.45) is 11.8 Å². The second kappa shape index (κ2) is 6.81. The molecule has 0 radical (unpaired) electrons. The molecule has 122 valence electrons. The highest BCUT2D eigenvalue weighted by atomic mass is 16.4. The maximum atomic E-state index is 12.7. The van der Waals surface area contributed by atoms with Gasteiger partial charge in [0.25, 0.3) is 0 Å². The Hall–Kier alpha value is -2.37. The zero-order valence-electron chi connectivity index (χ0n) is 13.0. The molecule has 1 fully saturated rings. The maximum absolute atomic E-state index is 12.7. The molecule has 0 aromatic carbocycles. The summed E-state index contributed by atoms with van der Waals surface area (Å²) in [5.74, 6) is -1.01. The number of carbonyl (C=O) groups is 2. The minimum atomic E-state index is -0.875. The Labute approximate surface area is 135 Å². The van der Waals surface area contributed by atoms with Gasteiger partial charge in [-0.15, -0.1) is 0 Å². The summed E-state index contributed by atoms with van der Waals surface area (Å²) in [7, 11) is 0. The standard InChI is InChI=1S/C17H21N3O3/c21-16(13-5-1-2-6-14(13)17(22)23)20-11-9-19(10-12-20)15-7-3-4-8-18-15/h1-4,7-8,13-14H,5-6,9-12H2,(H,22,23)/t13-,14+/m0/s1. The number of amides is 1. The van der Waals surface area contributed by atoms with Crippen LogP contribution in [0.4, 0.5) is 5.82 Å². The average molecular weight is 315 g/mol. The molecule has 1 aliphatic heterocycles. The second-order valence-electron chi connectivity index (χ2n) is 5.99. The van der Waals surface area contributed by atoms with Gasteiger partial charge in [-0.2, -0.15) is 0 Å². The number of aromatic nitrogens is 1. The summed E-state index contributed by atoms with van der Waals surface area (Å²) in [6.45, 7) is 2.68. The Bertz CT molecular complexity index is 594. The van der Waals surface area contributed by atoms with Gasteiger partial charge in [0.15, 0.2) is 0 Å². The molecular formula is C17H21N3O3. The number of carboxylic acid groups (broad SMARTS) is 1. The van der Waals surface area contributed by atoms with Gasteiger partial charge in [-0.3, -0.25) is 9.59 Å². The van der Waals surface area contributed by atoms with Crippen molar-refractivity contribution in [3.05, 3.63) is 36.5 Å². The van der Waals surface area contributed by atoms with E-state index in [0.717, 1.165) is 18.9 Å². The molecule has 6 nitrogen and oxygen atoms in total. The SMILES string of the molecule is O=C(O)[C@@H]1CC=CC[C@@H]1C(=O)N1CCN(c2ccccn2)CC1.